The van der Waals surface area contributed by atoms with Crippen molar-refractivity contribution in [3.8, 4) is 5.75 Å². The van der Waals surface area contributed by atoms with Crippen molar-refractivity contribution < 1.29 is 19.5 Å². The quantitative estimate of drug-likeness (QED) is 0.315. The Morgan fingerprint density at radius 1 is 1.00 bits per heavy atom. The van der Waals surface area contributed by atoms with E-state index in [0.717, 1.165) is 11.1 Å². The molecule has 0 bridgehead atoms. The van der Waals surface area contributed by atoms with Crippen LogP contribution in [0.1, 0.15) is 45.2 Å². The number of nitrogens with zero attached hydrogens (tertiary/aromatic N) is 1. The molecule has 0 saturated heterocycles. The molecule has 6 N–H and O–H groups in total. The van der Waals surface area contributed by atoms with E-state index in [1.165, 1.54) is 17.0 Å². The van der Waals surface area contributed by atoms with Gasteiger partial charge in [0.1, 0.15) is 17.8 Å². The summed E-state index contributed by atoms with van der Waals surface area (Å²) in [6.07, 6.45) is 1.25. The molecule has 37 heavy (non-hydrogen) atoms. The van der Waals surface area contributed by atoms with E-state index in [4.69, 9.17) is 23.1 Å². The highest BCUT2D eigenvalue weighted by Crippen LogP contribution is 2.20. The molecule has 2 rings (SSSR count). The summed E-state index contributed by atoms with van der Waals surface area (Å²) in [7, 11) is 0. The minimum Gasteiger partial charge on any atom is -0.508 e. The number of halogens is 1. The van der Waals surface area contributed by atoms with Gasteiger partial charge in [0.05, 0.1) is 6.04 Å². The Labute approximate surface area is 224 Å². The largest absolute Gasteiger partial charge is 0.508 e. The molecule has 0 aliphatic carbocycles. The van der Waals surface area contributed by atoms with E-state index in [2.05, 4.69) is 5.32 Å². The third-order valence-corrected chi connectivity index (χ3v) is 6.91. The fourth-order valence-electron chi connectivity index (χ4n) is 4.09. The number of carbonyl (C=O) groups is 3. The molecule has 0 saturated carbocycles. The number of nitrogens with two attached hydrogens (primary N) is 2. The molecule has 2 aromatic rings. The molecule has 2 aromatic carbocycles. The van der Waals surface area contributed by atoms with Gasteiger partial charge in [-0.25, -0.2) is 0 Å². The maximum absolute atomic E-state index is 14.1. The summed E-state index contributed by atoms with van der Waals surface area (Å²) in [6.45, 7) is 7.67. The Morgan fingerprint density at radius 2 is 1.57 bits per heavy atom. The molecule has 0 aliphatic heterocycles. The highest BCUT2D eigenvalue weighted by molar-refractivity contribution is 6.30. The van der Waals surface area contributed by atoms with Crippen LogP contribution in [-0.4, -0.2) is 52.4 Å². The lowest BCUT2D eigenvalue weighted by molar-refractivity contribution is -0.144. The van der Waals surface area contributed by atoms with Crippen LogP contribution in [0.5, 0.6) is 5.75 Å². The van der Waals surface area contributed by atoms with Crippen LogP contribution in [0.3, 0.4) is 0 Å². The van der Waals surface area contributed by atoms with Crippen molar-refractivity contribution in [3.05, 3.63) is 64.7 Å². The van der Waals surface area contributed by atoms with Crippen LogP contribution in [-0.2, 0) is 27.2 Å². The smallest absolute Gasteiger partial charge is 0.246 e. The van der Waals surface area contributed by atoms with E-state index in [-0.39, 0.29) is 30.6 Å². The first-order chi connectivity index (χ1) is 17.4. The first kappa shape index (κ1) is 30.1. The standard InChI is InChI=1S/C28H39ClN4O4/c1-5-18(4)25(26(31)35)33(15-14-19-6-10-21(29)11-7-19)28(37)23(32-27(36)24(30)17(2)3)16-20-8-12-22(34)13-9-20/h6-13,17-18,23-25,34H,5,14-16,30H2,1-4H3,(H2,31,35)(H,32,36)/t18-,23-,24-,25-/m0/s1. The zero-order valence-corrected chi connectivity index (χ0v) is 22.7. The van der Waals surface area contributed by atoms with Crippen molar-refractivity contribution in [1.29, 1.82) is 0 Å². The number of carbonyl (C=O) groups excluding carboxylic acids is 3. The number of hydrogen-bond acceptors (Lipinski definition) is 5. The van der Waals surface area contributed by atoms with Crippen LogP contribution in [0.15, 0.2) is 48.5 Å². The monoisotopic (exact) mass is 530 g/mol. The second kappa shape index (κ2) is 14.0. The van der Waals surface area contributed by atoms with E-state index in [1.54, 1.807) is 24.3 Å². The Hall–Kier alpha value is -3.10. The van der Waals surface area contributed by atoms with Gasteiger partial charge in [-0.2, -0.15) is 0 Å². The third-order valence-electron chi connectivity index (χ3n) is 6.66. The molecule has 8 nitrogen and oxygen atoms in total. The number of benzene rings is 2. The molecule has 9 heteroatoms. The first-order valence-electron chi connectivity index (χ1n) is 12.6. The van der Waals surface area contributed by atoms with Crippen molar-refractivity contribution in [2.75, 3.05) is 6.54 Å². The molecule has 0 spiro atoms. The van der Waals surface area contributed by atoms with Crippen LogP contribution in [0.4, 0.5) is 0 Å². The maximum atomic E-state index is 14.1. The van der Waals surface area contributed by atoms with Gasteiger partial charge in [0, 0.05) is 18.0 Å². The summed E-state index contributed by atoms with van der Waals surface area (Å²) in [5.74, 6) is -1.72. The number of phenolic OH excluding ortho intramolecular Hbond substituents is 1. The number of phenols is 1. The summed E-state index contributed by atoms with van der Waals surface area (Å²) >= 11 is 6.01. The van der Waals surface area contributed by atoms with Gasteiger partial charge >= 0.3 is 0 Å². The molecule has 0 aromatic heterocycles. The van der Waals surface area contributed by atoms with E-state index in [0.29, 0.717) is 17.9 Å². The van der Waals surface area contributed by atoms with E-state index in [1.807, 2.05) is 39.8 Å². The summed E-state index contributed by atoms with van der Waals surface area (Å²) < 4.78 is 0. The lowest BCUT2D eigenvalue weighted by Crippen LogP contribution is -2.59. The zero-order chi connectivity index (χ0) is 27.7. The average molecular weight is 531 g/mol. The second-order valence-electron chi connectivity index (χ2n) is 9.84. The minimum atomic E-state index is -0.988. The Kier molecular flexibility index (Phi) is 11.4. The van der Waals surface area contributed by atoms with Gasteiger partial charge in [0.15, 0.2) is 0 Å². The van der Waals surface area contributed by atoms with Gasteiger partial charge in [-0.1, -0.05) is 70.0 Å². The normalized spacial score (nSPS) is 14.5. The molecule has 0 unspecified atom stereocenters. The lowest BCUT2D eigenvalue weighted by atomic mass is 9.94. The molecule has 3 amide bonds. The minimum absolute atomic E-state index is 0.0904. The molecule has 0 radical (unpaired) electrons. The lowest BCUT2D eigenvalue weighted by Gasteiger charge is -2.36. The topological polar surface area (TPSA) is 139 Å². The zero-order valence-electron chi connectivity index (χ0n) is 22.0. The van der Waals surface area contributed by atoms with Gasteiger partial charge in [0.2, 0.25) is 17.7 Å². The Bertz CT molecular complexity index is 1040. The highest BCUT2D eigenvalue weighted by atomic mass is 35.5. The van der Waals surface area contributed by atoms with Crippen LogP contribution in [0.25, 0.3) is 0 Å². The number of primary amides is 1. The number of hydrogen-bond donors (Lipinski definition) is 4. The molecule has 0 aliphatic rings. The Morgan fingerprint density at radius 3 is 2.08 bits per heavy atom. The van der Waals surface area contributed by atoms with Crippen molar-refractivity contribution in [3.63, 3.8) is 0 Å². The first-order valence-corrected chi connectivity index (χ1v) is 13.0. The summed E-state index contributed by atoms with van der Waals surface area (Å²) in [4.78, 5) is 41.1. The number of amides is 3. The number of nitrogens with one attached hydrogen (secondary N) is 1. The van der Waals surface area contributed by atoms with E-state index < -0.39 is 35.8 Å². The van der Waals surface area contributed by atoms with Crippen LogP contribution < -0.4 is 16.8 Å². The number of aromatic hydroxyl groups is 1. The van der Waals surface area contributed by atoms with Crippen LogP contribution in [0.2, 0.25) is 5.02 Å². The molecule has 0 heterocycles. The van der Waals surface area contributed by atoms with Crippen LogP contribution in [0, 0.1) is 11.8 Å². The van der Waals surface area contributed by atoms with Crippen molar-refractivity contribution in [2.45, 2.75) is 65.1 Å². The van der Waals surface area contributed by atoms with Crippen molar-refractivity contribution in [2.24, 2.45) is 23.3 Å². The Balaban J connectivity index is 2.44. The second-order valence-corrected chi connectivity index (χ2v) is 10.3. The summed E-state index contributed by atoms with van der Waals surface area (Å²) in [5.41, 5.74) is 13.5. The van der Waals surface area contributed by atoms with Crippen LogP contribution >= 0.6 is 11.6 Å². The van der Waals surface area contributed by atoms with Gasteiger partial charge in [-0.15, -0.1) is 0 Å². The summed E-state index contributed by atoms with van der Waals surface area (Å²) in [6, 6.07) is 11.0. The molecule has 0 fully saturated rings. The third kappa shape index (κ3) is 8.76. The average Bonchev–Trinajstić information content (AvgIpc) is 2.86. The molecule has 4 atom stereocenters. The maximum Gasteiger partial charge on any atom is 0.246 e. The van der Waals surface area contributed by atoms with E-state index >= 15 is 0 Å². The fourth-order valence-corrected chi connectivity index (χ4v) is 4.22. The highest BCUT2D eigenvalue weighted by Gasteiger charge is 2.36. The molecular weight excluding hydrogens is 492 g/mol. The van der Waals surface area contributed by atoms with Gasteiger partial charge in [-0.3, -0.25) is 14.4 Å². The molecular formula is C28H39ClN4O4. The van der Waals surface area contributed by atoms with Crippen molar-refractivity contribution >= 4 is 29.3 Å². The molecule has 202 valence electrons. The van der Waals surface area contributed by atoms with Gasteiger partial charge in [0.25, 0.3) is 0 Å². The predicted molar refractivity (Wildman–Crippen MR) is 146 cm³/mol. The predicted octanol–water partition coefficient (Wildman–Crippen LogP) is 3.03. The van der Waals surface area contributed by atoms with E-state index in [9.17, 15) is 19.5 Å². The van der Waals surface area contributed by atoms with Gasteiger partial charge in [-0.05, 0) is 53.6 Å². The fraction of sp³-hybridized carbons (Fsp3) is 0.464. The van der Waals surface area contributed by atoms with Crippen molar-refractivity contribution in [1.82, 2.24) is 10.2 Å². The summed E-state index contributed by atoms with van der Waals surface area (Å²) in [5, 5.41) is 13.1. The number of rotatable bonds is 13. The van der Waals surface area contributed by atoms with Gasteiger partial charge < -0.3 is 26.8 Å². The SMILES string of the molecule is CC[C@H](C)[C@@H](C(N)=O)N(CCc1ccc(Cl)cc1)C(=O)[C@H](Cc1ccc(O)cc1)NC(=O)[C@@H](N)C(C)C.